The molecule has 112 valence electrons. The molecule has 0 spiro atoms. The number of rotatable bonds is 7. The molecule has 0 aliphatic heterocycles. The van der Waals surface area contributed by atoms with Gasteiger partial charge in [0.15, 0.2) is 9.84 Å². The summed E-state index contributed by atoms with van der Waals surface area (Å²) in [5.74, 6) is -0.855. The number of anilines is 1. The molecule has 0 aliphatic carbocycles. The van der Waals surface area contributed by atoms with Gasteiger partial charge in [-0.25, -0.2) is 8.42 Å². The molecule has 0 radical (unpaired) electrons. The van der Waals surface area contributed by atoms with Gasteiger partial charge in [0.05, 0.1) is 10.6 Å². The summed E-state index contributed by atoms with van der Waals surface area (Å²) in [6, 6.07) is 6.46. The Morgan fingerprint density at radius 2 is 1.80 bits per heavy atom. The first-order chi connectivity index (χ1) is 9.31. The maximum Gasteiger partial charge on any atom is 0.323 e. The van der Waals surface area contributed by atoms with Gasteiger partial charge in [0.2, 0.25) is 0 Å². The maximum absolute atomic E-state index is 11.7. The third-order valence-electron chi connectivity index (χ3n) is 3.34. The lowest BCUT2D eigenvalue weighted by Gasteiger charge is -2.29. The van der Waals surface area contributed by atoms with Gasteiger partial charge < -0.3 is 10.0 Å². The highest BCUT2D eigenvalue weighted by Crippen LogP contribution is 2.21. The minimum absolute atomic E-state index is 0.0521. The number of carboxylic acid groups (broad SMARTS) is 1. The van der Waals surface area contributed by atoms with E-state index in [1.807, 2.05) is 13.8 Å². The van der Waals surface area contributed by atoms with Crippen molar-refractivity contribution in [3.63, 3.8) is 0 Å². The van der Waals surface area contributed by atoms with E-state index in [9.17, 15) is 13.2 Å². The number of nitrogens with zero attached hydrogens (tertiary/aromatic N) is 1. The van der Waals surface area contributed by atoms with E-state index in [1.165, 1.54) is 12.1 Å². The molecule has 0 heterocycles. The molecule has 0 fully saturated rings. The molecule has 20 heavy (non-hydrogen) atoms. The predicted molar refractivity (Wildman–Crippen MR) is 78.9 cm³/mol. The number of sulfone groups is 1. The summed E-state index contributed by atoms with van der Waals surface area (Å²) in [6.45, 7) is 5.42. The molecule has 5 nitrogen and oxygen atoms in total. The van der Waals surface area contributed by atoms with Gasteiger partial charge in [-0.05, 0) is 37.6 Å². The van der Waals surface area contributed by atoms with Crippen molar-refractivity contribution in [2.24, 2.45) is 0 Å². The number of carboxylic acids is 1. The van der Waals surface area contributed by atoms with Crippen LogP contribution in [0.1, 0.15) is 27.2 Å². The lowest BCUT2D eigenvalue weighted by molar-refractivity contribution is -0.135. The largest absolute Gasteiger partial charge is 0.480 e. The summed E-state index contributed by atoms with van der Waals surface area (Å²) in [7, 11) is -3.22. The SMILES string of the molecule is CCC(C)N(CC(=O)O)c1ccc(S(=O)(=O)CC)cc1. The molecule has 1 unspecified atom stereocenters. The monoisotopic (exact) mass is 299 g/mol. The first kappa shape index (κ1) is 16.5. The molecule has 0 aliphatic rings. The Bertz CT molecular complexity index is 551. The number of hydrogen-bond acceptors (Lipinski definition) is 4. The molecule has 0 amide bonds. The van der Waals surface area contributed by atoms with Crippen LogP contribution in [0.3, 0.4) is 0 Å². The average molecular weight is 299 g/mol. The third kappa shape index (κ3) is 3.96. The van der Waals surface area contributed by atoms with Crippen molar-refractivity contribution in [2.75, 3.05) is 17.2 Å². The summed E-state index contributed by atoms with van der Waals surface area (Å²) < 4.78 is 23.5. The Morgan fingerprint density at radius 3 is 2.20 bits per heavy atom. The molecule has 6 heteroatoms. The minimum Gasteiger partial charge on any atom is -0.480 e. The fourth-order valence-electron chi connectivity index (χ4n) is 1.88. The predicted octanol–water partition coefficient (Wildman–Crippen LogP) is 2.17. The van der Waals surface area contributed by atoms with Crippen LogP contribution < -0.4 is 4.90 Å². The van der Waals surface area contributed by atoms with Crippen LogP contribution in [0.25, 0.3) is 0 Å². The second-order valence-corrected chi connectivity index (χ2v) is 6.95. The van der Waals surface area contributed by atoms with Gasteiger partial charge >= 0.3 is 5.97 Å². The van der Waals surface area contributed by atoms with Crippen LogP contribution in [0.4, 0.5) is 5.69 Å². The van der Waals surface area contributed by atoms with Crippen molar-refractivity contribution in [3.05, 3.63) is 24.3 Å². The Hall–Kier alpha value is -1.56. The van der Waals surface area contributed by atoms with Gasteiger partial charge in [0, 0.05) is 11.7 Å². The molecule has 0 saturated carbocycles. The Labute approximate surface area is 120 Å². The topological polar surface area (TPSA) is 74.7 Å². The van der Waals surface area contributed by atoms with Crippen LogP contribution in [0.5, 0.6) is 0 Å². The van der Waals surface area contributed by atoms with Crippen LogP contribution in [0.2, 0.25) is 0 Å². The van der Waals surface area contributed by atoms with Gasteiger partial charge in [-0.2, -0.15) is 0 Å². The number of benzene rings is 1. The van der Waals surface area contributed by atoms with Crippen molar-refractivity contribution >= 4 is 21.5 Å². The zero-order chi connectivity index (χ0) is 15.3. The fourth-order valence-corrected chi connectivity index (χ4v) is 2.76. The van der Waals surface area contributed by atoms with Crippen molar-refractivity contribution in [2.45, 2.75) is 38.1 Å². The first-order valence-corrected chi connectivity index (χ1v) is 8.28. The lowest BCUT2D eigenvalue weighted by Crippen LogP contribution is -2.37. The minimum atomic E-state index is -3.22. The summed E-state index contributed by atoms with van der Waals surface area (Å²) >= 11 is 0. The Balaban J connectivity index is 3.08. The summed E-state index contributed by atoms with van der Waals surface area (Å²) in [6.07, 6.45) is 0.808. The maximum atomic E-state index is 11.7. The van der Waals surface area contributed by atoms with Crippen molar-refractivity contribution in [1.82, 2.24) is 0 Å². The molecular formula is C14H21NO4S. The van der Waals surface area contributed by atoms with Gasteiger partial charge in [0.25, 0.3) is 0 Å². The molecule has 1 aromatic rings. The standard InChI is InChI=1S/C14H21NO4S/c1-4-11(3)15(10-14(16)17)12-6-8-13(9-7-12)20(18,19)5-2/h6-9,11H,4-5,10H2,1-3H3,(H,16,17). The van der Waals surface area contributed by atoms with Crippen LogP contribution >= 0.6 is 0 Å². The summed E-state index contributed by atoms with van der Waals surface area (Å²) in [5, 5.41) is 8.97. The highest BCUT2D eigenvalue weighted by atomic mass is 32.2. The second-order valence-electron chi connectivity index (χ2n) is 4.68. The Morgan fingerprint density at radius 1 is 1.25 bits per heavy atom. The van der Waals surface area contributed by atoms with E-state index < -0.39 is 15.8 Å². The third-order valence-corrected chi connectivity index (χ3v) is 5.09. The fraction of sp³-hybridized carbons (Fsp3) is 0.500. The highest BCUT2D eigenvalue weighted by Gasteiger charge is 2.17. The molecule has 0 saturated heterocycles. The average Bonchev–Trinajstić information content (AvgIpc) is 2.44. The van der Waals surface area contributed by atoms with Gasteiger partial charge in [0.1, 0.15) is 6.54 Å². The Kier molecular flexibility index (Phi) is 5.56. The van der Waals surface area contributed by atoms with Crippen molar-refractivity contribution < 1.29 is 18.3 Å². The summed E-state index contributed by atoms with van der Waals surface area (Å²) in [4.78, 5) is 13.0. The summed E-state index contributed by atoms with van der Waals surface area (Å²) in [5.41, 5.74) is 0.719. The van der Waals surface area contributed by atoms with Crippen LogP contribution in [0.15, 0.2) is 29.2 Å². The van der Waals surface area contributed by atoms with E-state index in [-0.39, 0.29) is 23.2 Å². The van der Waals surface area contributed by atoms with E-state index in [1.54, 1.807) is 24.0 Å². The van der Waals surface area contributed by atoms with Crippen molar-refractivity contribution in [3.8, 4) is 0 Å². The van der Waals surface area contributed by atoms with E-state index in [0.717, 1.165) is 12.1 Å². The first-order valence-electron chi connectivity index (χ1n) is 6.63. The quantitative estimate of drug-likeness (QED) is 0.835. The second kappa shape index (κ2) is 6.74. The highest BCUT2D eigenvalue weighted by molar-refractivity contribution is 7.91. The van der Waals surface area contributed by atoms with Crippen LogP contribution in [-0.4, -0.2) is 37.8 Å². The molecule has 0 bridgehead atoms. The van der Waals surface area contributed by atoms with Crippen molar-refractivity contribution in [1.29, 1.82) is 0 Å². The molecule has 1 rings (SSSR count). The lowest BCUT2D eigenvalue weighted by atomic mass is 10.2. The van der Waals surface area contributed by atoms with Gasteiger partial charge in [-0.15, -0.1) is 0 Å². The van der Waals surface area contributed by atoms with E-state index in [0.29, 0.717) is 0 Å². The molecule has 1 N–H and O–H groups in total. The zero-order valence-corrected chi connectivity index (χ0v) is 12.9. The normalized spacial score (nSPS) is 12.9. The van der Waals surface area contributed by atoms with E-state index in [2.05, 4.69) is 0 Å². The van der Waals surface area contributed by atoms with Crippen LogP contribution in [0, 0.1) is 0 Å². The zero-order valence-electron chi connectivity index (χ0n) is 12.0. The van der Waals surface area contributed by atoms with E-state index >= 15 is 0 Å². The molecule has 0 aromatic heterocycles. The number of hydrogen-bond donors (Lipinski definition) is 1. The van der Waals surface area contributed by atoms with E-state index in [4.69, 9.17) is 5.11 Å². The van der Waals surface area contributed by atoms with Gasteiger partial charge in [-0.3, -0.25) is 4.79 Å². The smallest absolute Gasteiger partial charge is 0.323 e. The van der Waals surface area contributed by atoms with Crippen LogP contribution in [-0.2, 0) is 14.6 Å². The molecule has 1 aromatic carbocycles. The van der Waals surface area contributed by atoms with Gasteiger partial charge in [-0.1, -0.05) is 13.8 Å². The molecular weight excluding hydrogens is 278 g/mol. The number of aliphatic carboxylic acids is 1. The number of carbonyl (C=O) groups is 1. The molecule has 1 atom stereocenters.